The lowest BCUT2D eigenvalue weighted by Gasteiger charge is -2.09. The van der Waals surface area contributed by atoms with E-state index in [0.29, 0.717) is 0 Å². The maximum atomic E-state index is 12.1. The molecule has 0 atom stereocenters. The lowest BCUT2D eigenvalue weighted by Crippen LogP contribution is -2.31. The summed E-state index contributed by atoms with van der Waals surface area (Å²) in [6.07, 6.45) is 0. The Balaban J connectivity index is 3.08. The Morgan fingerprint density at radius 2 is 1.95 bits per heavy atom. The summed E-state index contributed by atoms with van der Waals surface area (Å²) in [5.41, 5.74) is 1.04. The number of benzene rings is 1. The van der Waals surface area contributed by atoms with E-state index < -0.39 is 32.4 Å². The number of nitrogens with one attached hydrogen (secondary N) is 1. The van der Waals surface area contributed by atoms with Gasteiger partial charge in [0, 0.05) is 12.1 Å². The zero-order chi connectivity index (χ0) is 16.1. The van der Waals surface area contributed by atoms with Crippen molar-refractivity contribution in [2.45, 2.75) is 11.8 Å². The highest BCUT2D eigenvalue weighted by Crippen LogP contribution is 2.16. The fourth-order valence-corrected chi connectivity index (χ4v) is 3.20. The molecule has 21 heavy (non-hydrogen) atoms. The van der Waals surface area contributed by atoms with Crippen LogP contribution in [0.1, 0.15) is 11.1 Å². The first-order valence-electron chi connectivity index (χ1n) is 5.86. The minimum absolute atomic E-state index is 0.0801. The first-order chi connectivity index (χ1) is 9.65. The van der Waals surface area contributed by atoms with Gasteiger partial charge in [0.1, 0.15) is 6.61 Å². The number of hydrogen-bond acceptors (Lipinski definition) is 5. The molecule has 1 rings (SSSR count). The number of sulfonamides is 2. The van der Waals surface area contributed by atoms with E-state index in [1.807, 2.05) is 0 Å². The number of aliphatic hydroxyl groups is 1. The third-order valence-electron chi connectivity index (χ3n) is 2.41. The predicted octanol–water partition coefficient (Wildman–Crippen LogP) is -1.09. The molecule has 0 fully saturated rings. The van der Waals surface area contributed by atoms with Crippen molar-refractivity contribution in [3.8, 4) is 11.8 Å². The van der Waals surface area contributed by atoms with E-state index in [0.717, 1.165) is 5.56 Å². The van der Waals surface area contributed by atoms with Gasteiger partial charge in [0.2, 0.25) is 20.0 Å². The second-order valence-electron chi connectivity index (χ2n) is 4.22. The van der Waals surface area contributed by atoms with Gasteiger partial charge >= 0.3 is 0 Å². The minimum atomic E-state index is -3.91. The van der Waals surface area contributed by atoms with E-state index >= 15 is 0 Å². The van der Waals surface area contributed by atoms with Crippen LogP contribution in [-0.4, -0.2) is 40.8 Å². The monoisotopic (exact) mass is 332 g/mol. The van der Waals surface area contributed by atoms with Crippen LogP contribution in [0.25, 0.3) is 0 Å². The van der Waals surface area contributed by atoms with Crippen LogP contribution in [0.5, 0.6) is 0 Å². The first-order valence-corrected chi connectivity index (χ1v) is 9.06. The number of nitrogens with two attached hydrogens (primary N) is 1. The molecule has 0 saturated heterocycles. The molecule has 0 bridgehead atoms. The Kier molecular flexibility index (Phi) is 5.88. The van der Waals surface area contributed by atoms with Crippen LogP contribution in [-0.2, 0) is 20.0 Å². The van der Waals surface area contributed by atoms with Crippen molar-refractivity contribution in [1.29, 1.82) is 0 Å². The van der Waals surface area contributed by atoms with Crippen molar-refractivity contribution in [2.75, 3.05) is 18.9 Å². The number of aliphatic hydroxyl groups excluding tert-OH is 1. The maximum absolute atomic E-state index is 12.1. The molecular weight excluding hydrogens is 316 g/mol. The molecule has 0 aromatic heterocycles. The van der Waals surface area contributed by atoms with Crippen LogP contribution in [0, 0.1) is 18.8 Å². The van der Waals surface area contributed by atoms with Gasteiger partial charge in [0.15, 0.2) is 0 Å². The van der Waals surface area contributed by atoms with Crippen molar-refractivity contribution in [1.82, 2.24) is 4.72 Å². The predicted molar refractivity (Wildman–Crippen MR) is 78.3 cm³/mol. The van der Waals surface area contributed by atoms with E-state index in [9.17, 15) is 16.8 Å². The van der Waals surface area contributed by atoms with Gasteiger partial charge in [-0.1, -0.05) is 17.9 Å². The van der Waals surface area contributed by atoms with Crippen molar-refractivity contribution in [3.05, 3.63) is 29.3 Å². The second-order valence-corrected chi connectivity index (χ2v) is 7.69. The van der Waals surface area contributed by atoms with Gasteiger partial charge in [-0.15, -0.1) is 0 Å². The lowest BCUT2D eigenvalue weighted by molar-refractivity contribution is 0.350. The summed E-state index contributed by atoms with van der Waals surface area (Å²) in [5, 5.41) is 13.5. The Morgan fingerprint density at radius 3 is 2.52 bits per heavy atom. The summed E-state index contributed by atoms with van der Waals surface area (Å²) in [6.45, 7) is 1.04. The second kappa shape index (κ2) is 7.02. The molecule has 0 unspecified atom stereocenters. The summed E-state index contributed by atoms with van der Waals surface area (Å²) in [5.74, 6) is 4.43. The van der Waals surface area contributed by atoms with Crippen LogP contribution in [0.15, 0.2) is 23.1 Å². The minimum Gasteiger partial charge on any atom is -0.384 e. The van der Waals surface area contributed by atoms with Gasteiger partial charge in [-0.3, -0.25) is 0 Å². The highest BCUT2D eigenvalue weighted by atomic mass is 32.2. The van der Waals surface area contributed by atoms with Gasteiger partial charge < -0.3 is 5.11 Å². The van der Waals surface area contributed by atoms with Gasteiger partial charge in [-0.05, 0) is 24.6 Å². The van der Waals surface area contributed by atoms with E-state index in [4.69, 9.17) is 10.2 Å². The molecule has 0 aliphatic carbocycles. The largest absolute Gasteiger partial charge is 0.384 e. The molecule has 1 aromatic rings. The third-order valence-corrected chi connectivity index (χ3v) is 4.70. The molecule has 0 spiro atoms. The van der Waals surface area contributed by atoms with Crippen LogP contribution < -0.4 is 9.86 Å². The molecule has 116 valence electrons. The molecule has 0 saturated carbocycles. The lowest BCUT2D eigenvalue weighted by atomic mass is 10.1. The van der Waals surface area contributed by atoms with Gasteiger partial charge in [-0.25, -0.2) is 26.7 Å². The summed E-state index contributed by atoms with van der Waals surface area (Å²) < 4.78 is 48.0. The zero-order valence-electron chi connectivity index (χ0n) is 11.3. The van der Waals surface area contributed by atoms with Gasteiger partial charge in [0.25, 0.3) is 0 Å². The molecule has 1 aromatic carbocycles. The van der Waals surface area contributed by atoms with Gasteiger partial charge in [0.05, 0.1) is 10.6 Å². The molecular formula is C12H16N2O5S2. The topological polar surface area (TPSA) is 127 Å². The standard InChI is InChI=1S/C12H16N2O5S2/c1-10-4-5-12(11(9-10)3-2-7-15)21(18,19)14-6-8-20(13,16)17/h4-5,9,14-15H,6-8H2,1H3,(H2,13,16,17). The van der Waals surface area contributed by atoms with E-state index in [-0.39, 0.29) is 17.0 Å². The number of rotatable bonds is 5. The molecule has 7 nitrogen and oxygen atoms in total. The zero-order valence-corrected chi connectivity index (χ0v) is 13.0. The van der Waals surface area contributed by atoms with Crippen LogP contribution >= 0.6 is 0 Å². The Labute approximate surface area is 124 Å². The average Bonchev–Trinajstić information content (AvgIpc) is 2.34. The maximum Gasteiger partial charge on any atom is 0.241 e. The highest BCUT2D eigenvalue weighted by molar-refractivity contribution is 7.90. The van der Waals surface area contributed by atoms with E-state index in [2.05, 4.69) is 16.6 Å². The summed E-state index contributed by atoms with van der Waals surface area (Å²) >= 11 is 0. The van der Waals surface area contributed by atoms with Crippen molar-refractivity contribution in [2.24, 2.45) is 5.14 Å². The Hall–Kier alpha value is -1.44. The first kappa shape index (κ1) is 17.6. The van der Waals surface area contributed by atoms with Crippen molar-refractivity contribution >= 4 is 20.0 Å². The summed E-state index contributed by atoms with van der Waals surface area (Å²) in [4.78, 5) is -0.0801. The Morgan fingerprint density at radius 1 is 1.29 bits per heavy atom. The SMILES string of the molecule is Cc1ccc(S(=O)(=O)NCCS(N)(=O)=O)c(C#CCO)c1. The molecule has 0 amide bonds. The molecule has 0 heterocycles. The van der Waals surface area contributed by atoms with E-state index in [1.54, 1.807) is 19.1 Å². The van der Waals surface area contributed by atoms with Crippen molar-refractivity contribution in [3.63, 3.8) is 0 Å². The Bertz CT molecular complexity index is 774. The number of primary sulfonamides is 1. The fourth-order valence-electron chi connectivity index (χ4n) is 1.51. The quantitative estimate of drug-likeness (QED) is 0.590. The van der Waals surface area contributed by atoms with Gasteiger partial charge in [-0.2, -0.15) is 0 Å². The molecule has 0 aliphatic rings. The third kappa shape index (κ3) is 5.82. The summed E-state index contributed by atoms with van der Waals surface area (Å²) in [6, 6.07) is 4.53. The number of hydrogen-bond donors (Lipinski definition) is 3. The molecule has 0 radical (unpaired) electrons. The summed E-state index contributed by atoms with van der Waals surface area (Å²) in [7, 11) is -7.66. The highest BCUT2D eigenvalue weighted by Gasteiger charge is 2.18. The van der Waals surface area contributed by atoms with Crippen LogP contribution in [0.2, 0.25) is 0 Å². The van der Waals surface area contributed by atoms with Crippen LogP contribution in [0.4, 0.5) is 0 Å². The van der Waals surface area contributed by atoms with Crippen molar-refractivity contribution < 1.29 is 21.9 Å². The number of aryl methyl sites for hydroxylation is 1. The average molecular weight is 332 g/mol. The normalized spacial score (nSPS) is 11.8. The molecule has 0 aliphatic heterocycles. The fraction of sp³-hybridized carbons (Fsp3) is 0.333. The molecule has 4 N–H and O–H groups in total. The van der Waals surface area contributed by atoms with E-state index in [1.165, 1.54) is 6.07 Å². The molecule has 9 heteroatoms. The smallest absolute Gasteiger partial charge is 0.241 e. The van der Waals surface area contributed by atoms with Crippen LogP contribution in [0.3, 0.4) is 0 Å².